The molecule has 4 heteroatoms. The van der Waals surface area contributed by atoms with Gasteiger partial charge < -0.3 is 0 Å². The van der Waals surface area contributed by atoms with Crippen molar-refractivity contribution < 1.29 is 0 Å². The van der Waals surface area contributed by atoms with Crippen LogP contribution in [0.4, 0.5) is 0 Å². The number of fused-ring (bicyclic) bond motifs is 1. The Morgan fingerprint density at radius 3 is 3.00 bits per heavy atom. The Bertz CT molecular complexity index is 433. The highest BCUT2D eigenvalue weighted by molar-refractivity contribution is 9.10. The second-order valence-electron chi connectivity index (χ2n) is 2.77. The summed E-state index contributed by atoms with van der Waals surface area (Å²) < 4.78 is 2.71. The first-order chi connectivity index (χ1) is 5.68. The monoisotopic (exact) mass is 225 g/mol. The Kier molecular flexibility index (Phi) is 1.65. The first kappa shape index (κ1) is 7.73. The molecule has 0 saturated heterocycles. The van der Waals surface area contributed by atoms with Crippen LogP contribution in [0.15, 0.2) is 16.9 Å². The number of halogens is 1. The van der Waals surface area contributed by atoms with Crippen molar-refractivity contribution >= 4 is 27.0 Å². The fourth-order valence-corrected chi connectivity index (χ4v) is 1.45. The lowest BCUT2D eigenvalue weighted by Crippen LogP contribution is -1.90. The largest absolute Gasteiger partial charge is 0.266 e. The molecule has 0 fully saturated rings. The Morgan fingerprint density at radius 1 is 1.50 bits per heavy atom. The van der Waals surface area contributed by atoms with Gasteiger partial charge in [-0.05, 0) is 34.5 Å². The highest BCUT2D eigenvalue weighted by Gasteiger charge is 2.03. The molecule has 0 amide bonds. The quantitative estimate of drug-likeness (QED) is 0.643. The number of hydrogen-bond donors (Lipinski definition) is 0. The van der Waals surface area contributed by atoms with E-state index in [9.17, 15) is 0 Å². The summed E-state index contributed by atoms with van der Waals surface area (Å²) in [4.78, 5) is 4.33. The van der Waals surface area contributed by atoms with Gasteiger partial charge in [0.15, 0.2) is 0 Å². The molecular weight excluding hydrogens is 218 g/mol. The highest BCUT2D eigenvalue weighted by Crippen LogP contribution is 2.18. The molecule has 2 heterocycles. The summed E-state index contributed by atoms with van der Waals surface area (Å²) in [6, 6.07) is 2.07. The second kappa shape index (κ2) is 2.55. The topological polar surface area (TPSA) is 30.7 Å². The lowest BCUT2D eigenvalue weighted by Gasteiger charge is -1.97. The van der Waals surface area contributed by atoms with Crippen molar-refractivity contribution in [2.45, 2.75) is 6.92 Å². The maximum absolute atomic E-state index is 4.33. The van der Waals surface area contributed by atoms with E-state index in [-0.39, 0.29) is 0 Å². The third-order valence-corrected chi connectivity index (χ3v) is 2.66. The Balaban J connectivity index is 2.87. The molecule has 0 aliphatic carbocycles. The minimum absolute atomic E-state index is 0.892. The molecule has 2 aromatic heterocycles. The van der Waals surface area contributed by atoms with Crippen molar-refractivity contribution in [1.29, 1.82) is 0 Å². The van der Waals surface area contributed by atoms with Crippen LogP contribution in [-0.4, -0.2) is 14.8 Å². The van der Waals surface area contributed by atoms with Gasteiger partial charge in [0, 0.05) is 7.05 Å². The van der Waals surface area contributed by atoms with Crippen LogP contribution in [0.3, 0.4) is 0 Å². The van der Waals surface area contributed by atoms with Gasteiger partial charge in [-0.1, -0.05) is 0 Å². The average Bonchev–Trinajstić information content (AvgIpc) is 2.35. The van der Waals surface area contributed by atoms with Gasteiger partial charge in [-0.25, -0.2) is 4.98 Å². The molecular formula is C8H8BrN3. The molecule has 2 aromatic rings. The zero-order valence-electron chi connectivity index (χ0n) is 6.87. The molecule has 0 aliphatic heterocycles. The third kappa shape index (κ3) is 1.03. The Hall–Kier alpha value is -0.900. The van der Waals surface area contributed by atoms with E-state index in [1.165, 1.54) is 0 Å². The van der Waals surface area contributed by atoms with Crippen molar-refractivity contribution in [1.82, 2.24) is 14.8 Å². The summed E-state index contributed by atoms with van der Waals surface area (Å²) in [5, 5.41) is 4.11. The summed E-state index contributed by atoms with van der Waals surface area (Å²) in [6.45, 7) is 2.02. The predicted octanol–water partition coefficient (Wildman–Crippen LogP) is 2.04. The molecule has 0 radical (unpaired) electrons. The molecule has 2 rings (SSSR count). The fourth-order valence-electron chi connectivity index (χ4n) is 1.15. The van der Waals surface area contributed by atoms with E-state index in [0.29, 0.717) is 0 Å². The minimum Gasteiger partial charge on any atom is -0.266 e. The smallest absolute Gasteiger partial charge is 0.110 e. The normalized spacial score (nSPS) is 10.9. The number of nitrogens with zero attached hydrogens (tertiary/aromatic N) is 3. The fraction of sp³-hybridized carbons (Fsp3) is 0.250. The van der Waals surface area contributed by atoms with Gasteiger partial charge in [-0.3, -0.25) is 4.68 Å². The maximum Gasteiger partial charge on any atom is 0.110 e. The Labute approximate surface area is 78.5 Å². The van der Waals surface area contributed by atoms with Gasteiger partial charge >= 0.3 is 0 Å². The van der Waals surface area contributed by atoms with Crippen molar-refractivity contribution in [2.75, 3.05) is 0 Å². The molecule has 0 unspecified atom stereocenters. The Morgan fingerprint density at radius 2 is 2.25 bits per heavy atom. The summed E-state index contributed by atoms with van der Waals surface area (Å²) >= 11 is 3.38. The second-order valence-corrected chi connectivity index (χ2v) is 3.52. The highest BCUT2D eigenvalue weighted by atomic mass is 79.9. The van der Waals surface area contributed by atoms with Crippen molar-refractivity contribution in [3.05, 3.63) is 22.4 Å². The summed E-state index contributed by atoms with van der Waals surface area (Å²) in [5.41, 5.74) is 3.12. The molecule has 0 saturated carbocycles. The zero-order valence-corrected chi connectivity index (χ0v) is 8.46. The minimum atomic E-state index is 0.892. The van der Waals surface area contributed by atoms with Crippen molar-refractivity contribution in [3.8, 4) is 0 Å². The van der Waals surface area contributed by atoms with E-state index in [4.69, 9.17) is 0 Å². The lowest BCUT2D eigenvalue weighted by molar-refractivity contribution is 0.796. The first-order valence-electron chi connectivity index (χ1n) is 3.63. The standard InChI is InChI=1S/C8H8BrN3/c1-5-3-7-6(11-8(5)9)4-10-12(7)2/h3-4H,1-2H3. The molecule has 0 aliphatic rings. The summed E-state index contributed by atoms with van der Waals surface area (Å²) in [5.74, 6) is 0. The summed E-state index contributed by atoms with van der Waals surface area (Å²) in [7, 11) is 1.91. The average molecular weight is 226 g/mol. The van der Waals surface area contributed by atoms with E-state index in [1.54, 1.807) is 6.20 Å². The number of pyridine rings is 1. The van der Waals surface area contributed by atoms with Gasteiger partial charge in [-0.2, -0.15) is 5.10 Å². The SMILES string of the molecule is Cc1cc2c(cnn2C)nc1Br. The van der Waals surface area contributed by atoms with Crippen molar-refractivity contribution in [2.24, 2.45) is 7.05 Å². The van der Waals surface area contributed by atoms with Gasteiger partial charge in [-0.15, -0.1) is 0 Å². The lowest BCUT2D eigenvalue weighted by atomic mass is 10.3. The first-order valence-corrected chi connectivity index (χ1v) is 4.42. The predicted molar refractivity (Wildman–Crippen MR) is 50.9 cm³/mol. The van der Waals surface area contributed by atoms with Crippen LogP contribution in [0, 0.1) is 6.92 Å². The van der Waals surface area contributed by atoms with E-state index in [0.717, 1.165) is 21.2 Å². The van der Waals surface area contributed by atoms with Crippen LogP contribution in [0.2, 0.25) is 0 Å². The number of hydrogen-bond acceptors (Lipinski definition) is 2. The van der Waals surface area contributed by atoms with Gasteiger partial charge in [0.05, 0.1) is 11.7 Å². The van der Waals surface area contributed by atoms with Gasteiger partial charge in [0.25, 0.3) is 0 Å². The molecule has 0 bridgehead atoms. The number of rotatable bonds is 0. The van der Waals surface area contributed by atoms with Crippen LogP contribution in [0.25, 0.3) is 11.0 Å². The van der Waals surface area contributed by atoms with Crippen LogP contribution in [0.1, 0.15) is 5.56 Å². The zero-order chi connectivity index (χ0) is 8.72. The van der Waals surface area contributed by atoms with Crippen LogP contribution in [0.5, 0.6) is 0 Å². The van der Waals surface area contributed by atoms with Crippen LogP contribution in [-0.2, 0) is 7.05 Å². The molecule has 0 spiro atoms. The van der Waals surface area contributed by atoms with Crippen LogP contribution >= 0.6 is 15.9 Å². The van der Waals surface area contributed by atoms with Gasteiger partial charge in [0.1, 0.15) is 10.1 Å². The molecule has 0 aromatic carbocycles. The maximum atomic E-state index is 4.33. The molecule has 0 atom stereocenters. The number of aryl methyl sites for hydroxylation is 2. The van der Waals surface area contributed by atoms with Crippen LogP contribution < -0.4 is 0 Å². The molecule has 3 nitrogen and oxygen atoms in total. The molecule has 62 valence electrons. The van der Waals surface area contributed by atoms with Gasteiger partial charge in [0.2, 0.25) is 0 Å². The van der Waals surface area contributed by atoms with E-state index in [2.05, 4.69) is 32.1 Å². The van der Waals surface area contributed by atoms with E-state index in [1.807, 2.05) is 18.7 Å². The van der Waals surface area contributed by atoms with E-state index >= 15 is 0 Å². The third-order valence-electron chi connectivity index (χ3n) is 1.86. The van der Waals surface area contributed by atoms with E-state index < -0.39 is 0 Å². The summed E-state index contributed by atoms with van der Waals surface area (Å²) in [6.07, 6.45) is 1.76. The molecule has 0 N–H and O–H groups in total. The number of aromatic nitrogens is 3. The molecule has 12 heavy (non-hydrogen) atoms. The van der Waals surface area contributed by atoms with Crippen molar-refractivity contribution in [3.63, 3.8) is 0 Å².